The number of para-hydroxylation sites is 4. The number of aryl methyl sites for hydroxylation is 1. The minimum Gasteiger partial charge on any atom is -0.310 e. The molecule has 4 nitrogen and oxygen atoms in total. The van der Waals surface area contributed by atoms with Crippen LogP contribution in [0.4, 0.5) is 34.1 Å². The predicted molar refractivity (Wildman–Crippen MR) is 509 cm³/mol. The molecule has 0 N–H and O–H groups in total. The van der Waals surface area contributed by atoms with Crippen molar-refractivity contribution in [3.05, 3.63) is 405 Å². The second-order valence-corrected chi connectivity index (χ2v) is 34.6. The van der Waals surface area contributed by atoms with Gasteiger partial charge in [-0.1, -0.05) is 358 Å². The van der Waals surface area contributed by atoms with Gasteiger partial charge < -0.3 is 18.9 Å². The van der Waals surface area contributed by atoms with Crippen LogP contribution in [0.15, 0.2) is 388 Å². The Morgan fingerprint density at radius 3 is 0.790 bits per heavy atom. The van der Waals surface area contributed by atoms with Gasteiger partial charge in [0.15, 0.2) is 0 Å². The van der Waals surface area contributed by atoms with Crippen LogP contribution in [0.5, 0.6) is 0 Å². The number of benzene rings is 17. The first-order valence-corrected chi connectivity index (χ1v) is 42.3. The highest BCUT2D eigenvalue weighted by Crippen LogP contribution is 2.56. The molecule has 2 aromatic heterocycles. The van der Waals surface area contributed by atoms with Crippen molar-refractivity contribution in [3.8, 4) is 100 Å². The third kappa shape index (κ3) is 12.7. The Morgan fingerprint density at radius 1 is 0.252 bits per heavy atom. The minimum atomic E-state index is -0.274. The van der Waals surface area contributed by atoms with Gasteiger partial charge in [-0.25, -0.2) is 0 Å². The Hall–Kier alpha value is -14.0. The number of hydrogen-bond acceptors (Lipinski definition) is 2. The largest absolute Gasteiger partial charge is 0.310 e. The Bertz CT molecular complexity index is 6370. The summed E-state index contributed by atoms with van der Waals surface area (Å²) in [4.78, 5) is 5.55. The lowest BCUT2D eigenvalue weighted by atomic mass is 9.33. The predicted octanol–water partition coefficient (Wildman–Crippen LogP) is 29.2. The highest BCUT2D eigenvalue weighted by Gasteiger charge is 2.46. The zero-order valence-electron chi connectivity index (χ0n) is 68.4. The van der Waals surface area contributed by atoms with E-state index in [4.69, 9.17) is 0 Å². The van der Waals surface area contributed by atoms with Gasteiger partial charge in [0.05, 0.1) is 33.4 Å². The van der Waals surface area contributed by atoms with Crippen molar-refractivity contribution in [2.75, 3.05) is 9.80 Å². The van der Waals surface area contributed by atoms with Gasteiger partial charge in [-0.05, 0) is 208 Å². The molecule has 21 rings (SSSR count). The molecule has 19 aromatic rings. The fourth-order valence-corrected chi connectivity index (χ4v) is 19.1. The fraction of sp³-hybridized carbons (Fsp3) is 0.105. The molecule has 0 atom stereocenters. The van der Waals surface area contributed by atoms with Gasteiger partial charge in [-0.2, -0.15) is 0 Å². The van der Waals surface area contributed by atoms with E-state index in [0.29, 0.717) is 0 Å². The van der Waals surface area contributed by atoms with Crippen molar-refractivity contribution >= 4 is 101 Å². The summed E-state index contributed by atoms with van der Waals surface area (Å²) in [5.74, 6) is 0. The molecular formula is C114H91BN4. The number of anilines is 6. The van der Waals surface area contributed by atoms with E-state index in [0.717, 1.165) is 109 Å². The summed E-state index contributed by atoms with van der Waals surface area (Å²) >= 11 is 0. The van der Waals surface area contributed by atoms with Gasteiger partial charge in [-0.3, -0.25) is 0 Å². The van der Waals surface area contributed by atoms with Crippen LogP contribution < -0.4 is 26.2 Å². The van der Waals surface area contributed by atoms with E-state index in [9.17, 15) is 0 Å². The molecule has 5 heteroatoms. The summed E-state index contributed by atoms with van der Waals surface area (Å²) in [6, 6.07) is 148. The fourth-order valence-electron chi connectivity index (χ4n) is 19.1. The van der Waals surface area contributed by atoms with Gasteiger partial charge >= 0.3 is 0 Å². The van der Waals surface area contributed by atoms with Crippen LogP contribution in [0.3, 0.4) is 0 Å². The van der Waals surface area contributed by atoms with Crippen LogP contribution in [-0.2, 0) is 17.3 Å². The SMILES string of the molecule is CCCCc1cc2c3c(c1)N(c1c(-c4ccc(-c5ccccc5)cc4)cc(C(C)(C)C)cc1-c1ccc(-c4ccccc4)cc1)c1cc(-n4c5ccccc5c5ccccc54)ccc1B3c1ccc(-n3c4ccccc4c4ccccc43)cc1N2c1c(-c2ccc(-c3ccccc3)cc2)cc(C(C)(C)C)cc1-c1ccc(-c2ccccc2)cc1. The summed E-state index contributed by atoms with van der Waals surface area (Å²) in [6.07, 6.45) is 2.89. The average molecular weight is 1530 g/mol. The Balaban J connectivity index is 0.925. The Morgan fingerprint density at radius 2 is 0.513 bits per heavy atom. The lowest BCUT2D eigenvalue weighted by Gasteiger charge is -2.46. The zero-order chi connectivity index (χ0) is 80.2. The number of hydrogen-bond donors (Lipinski definition) is 0. The molecule has 119 heavy (non-hydrogen) atoms. The van der Waals surface area contributed by atoms with Gasteiger partial charge in [0.1, 0.15) is 0 Å². The van der Waals surface area contributed by atoms with E-state index < -0.39 is 0 Å². The Kier molecular flexibility index (Phi) is 17.9. The highest BCUT2D eigenvalue weighted by molar-refractivity contribution is 7.00. The molecule has 0 fully saturated rings. The number of nitrogens with zero attached hydrogens (tertiary/aromatic N) is 4. The Labute approximate surface area is 699 Å². The van der Waals surface area contributed by atoms with E-state index in [1.807, 2.05) is 0 Å². The van der Waals surface area contributed by atoms with Crippen molar-refractivity contribution in [1.29, 1.82) is 0 Å². The quantitative estimate of drug-likeness (QED) is 0.0951. The second-order valence-electron chi connectivity index (χ2n) is 34.6. The van der Waals surface area contributed by atoms with Crippen LogP contribution in [0.25, 0.3) is 144 Å². The number of aromatic nitrogens is 2. The second kappa shape index (κ2) is 29.3. The maximum atomic E-state index is 2.77. The normalized spacial score (nSPS) is 12.5. The van der Waals surface area contributed by atoms with Crippen LogP contribution in [0, 0.1) is 0 Å². The van der Waals surface area contributed by atoms with Crippen molar-refractivity contribution < 1.29 is 0 Å². The summed E-state index contributed by atoms with van der Waals surface area (Å²) < 4.78 is 5.04. The lowest BCUT2D eigenvalue weighted by Crippen LogP contribution is -2.61. The molecule has 0 unspecified atom stereocenters. The van der Waals surface area contributed by atoms with Crippen molar-refractivity contribution in [3.63, 3.8) is 0 Å². The standard InChI is InChI=1S/C114H91BN4/c1-8-9-30-75-67-108-110-109(68-75)119(112-98(86-59-51-82(52-60-86)78-35-18-12-19-36-78)71-89(114(5,6)7)72-99(112)87-61-53-83(54-62-87)79-37-20-13-21-38-79)107-74-91(117-104-45-28-24-41-94(104)95-42-25-29-46-105(95)117)64-66-101(107)115(110)100-65-63-90(116-102-43-26-22-39-92(102)93-40-23-27-44-103(93)116)73-106(100)118(108)111-96(84-55-47-80(48-56-84)76-31-14-10-15-32-76)69-88(113(2,3)4)70-97(111)85-57-49-81(50-58-85)77-33-16-11-17-34-77/h10-29,31-74H,8-9,30H2,1-7H3. The summed E-state index contributed by atoms with van der Waals surface area (Å²) in [6.45, 7) is 16.3. The van der Waals surface area contributed by atoms with Gasteiger partial charge in [0, 0.05) is 77.9 Å². The molecule has 0 aliphatic carbocycles. The molecule has 0 bridgehead atoms. The number of unbranched alkanes of at least 4 members (excludes halogenated alkanes) is 1. The molecule has 2 aliphatic heterocycles. The van der Waals surface area contributed by atoms with Crippen molar-refractivity contribution in [2.24, 2.45) is 0 Å². The van der Waals surface area contributed by atoms with Gasteiger partial charge in [0.25, 0.3) is 6.71 Å². The maximum absolute atomic E-state index is 2.77. The van der Waals surface area contributed by atoms with Crippen LogP contribution in [0.1, 0.15) is 78.0 Å². The molecular weight excluding hydrogens is 1440 g/mol. The highest BCUT2D eigenvalue weighted by atomic mass is 15.2. The van der Waals surface area contributed by atoms with Crippen LogP contribution >= 0.6 is 0 Å². The smallest absolute Gasteiger partial charge is 0.252 e. The maximum Gasteiger partial charge on any atom is 0.252 e. The summed E-state index contributed by atoms with van der Waals surface area (Å²) in [5, 5.41) is 4.90. The van der Waals surface area contributed by atoms with Crippen molar-refractivity contribution in [1.82, 2.24) is 9.13 Å². The zero-order valence-corrected chi connectivity index (χ0v) is 68.4. The summed E-state index contributed by atoms with van der Waals surface area (Å²) in [5.41, 5.74) is 39.3. The molecule has 4 heterocycles. The first-order chi connectivity index (χ1) is 58.3. The third-order valence-corrected chi connectivity index (χ3v) is 25.2. The molecule has 0 amide bonds. The van der Waals surface area contributed by atoms with E-state index in [1.165, 1.54) is 121 Å². The van der Waals surface area contributed by atoms with Gasteiger partial charge in [-0.15, -0.1) is 0 Å². The van der Waals surface area contributed by atoms with E-state index in [1.54, 1.807) is 0 Å². The minimum absolute atomic E-state index is 0.256. The lowest BCUT2D eigenvalue weighted by molar-refractivity contribution is 0.590. The van der Waals surface area contributed by atoms with E-state index in [2.05, 4.69) is 456 Å². The molecule has 0 radical (unpaired) electrons. The van der Waals surface area contributed by atoms with Gasteiger partial charge in [0.2, 0.25) is 0 Å². The average Bonchev–Trinajstić information content (AvgIpc) is 1.30. The third-order valence-electron chi connectivity index (χ3n) is 25.2. The molecule has 0 saturated heterocycles. The van der Waals surface area contributed by atoms with Crippen molar-refractivity contribution in [2.45, 2.75) is 78.6 Å². The first-order valence-electron chi connectivity index (χ1n) is 42.3. The topological polar surface area (TPSA) is 16.3 Å². The number of rotatable bonds is 15. The van der Waals surface area contributed by atoms with Crippen LogP contribution in [-0.4, -0.2) is 15.8 Å². The molecule has 17 aromatic carbocycles. The molecule has 0 spiro atoms. The monoisotopic (exact) mass is 1530 g/mol. The van der Waals surface area contributed by atoms with E-state index in [-0.39, 0.29) is 17.5 Å². The van der Waals surface area contributed by atoms with Crippen LogP contribution in [0.2, 0.25) is 0 Å². The number of fused-ring (bicyclic) bond motifs is 10. The van der Waals surface area contributed by atoms with E-state index >= 15 is 0 Å². The molecule has 0 saturated carbocycles. The summed E-state index contributed by atoms with van der Waals surface area (Å²) in [7, 11) is 0. The molecule has 2 aliphatic rings. The first kappa shape index (κ1) is 72.7. The molecule has 570 valence electrons.